The van der Waals surface area contributed by atoms with E-state index in [2.05, 4.69) is 10.3 Å². The summed E-state index contributed by atoms with van der Waals surface area (Å²) >= 11 is 1.55. The van der Waals surface area contributed by atoms with Crippen LogP contribution in [-0.4, -0.2) is 16.4 Å². The monoisotopic (exact) mass is 276 g/mol. The van der Waals surface area contributed by atoms with Gasteiger partial charge in [-0.15, -0.1) is 11.3 Å². The fourth-order valence-corrected chi connectivity index (χ4v) is 5.63. The van der Waals surface area contributed by atoms with Crippen molar-refractivity contribution >= 4 is 17.2 Å². The average molecular weight is 276 g/mol. The van der Waals surface area contributed by atoms with Crippen LogP contribution in [0.25, 0.3) is 0 Å². The van der Waals surface area contributed by atoms with Crippen LogP contribution in [0.4, 0.5) is 0 Å². The third-order valence-electron chi connectivity index (χ3n) is 5.27. The highest BCUT2D eigenvalue weighted by atomic mass is 32.1. The number of thiazole rings is 1. The topological polar surface area (TPSA) is 42.0 Å². The Labute approximate surface area is 117 Å². The number of carbonyl (C=O) groups is 1. The van der Waals surface area contributed by atoms with Crippen molar-refractivity contribution in [3.63, 3.8) is 0 Å². The molecule has 4 fully saturated rings. The molecular weight excluding hydrogens is 256 g/mol. The minimum Gasteiger partial charge on any atom is -0.345 e. The summed E-state index contributed by atoms with van der Waals surface area (Å²) in [6.45, 7) is 1.95. The average Bonchev–Trinajstić information content (AvgIpc) is 2.73. The Morgan fingerprint density at radius 1 is 1.26 bits per heavy atom. The molecular formula is C15H20N2OS. The molecule has 102 valence electrons. The van der Waals surface area contributed by atoms with Crippen LogP contribution in [0.3, 0.4) is 0 Å². The Bertz CT molecular complexity index is 487. The van der Waals surface area contributed by atoms with Crippen LogP contribution >= 0.6 is 11.3 Å². The van der Waals surface area contributed by atoms with Crippen LogP contribution in [0.15, 0.2) is 5.38 Å². The summed E-state index contributed by atoms with van der Waals surface area (Å²) in [6.07, 6.45) is 7.83. The maximum atomic E-state index is 12.4. The first-order valence-corrected chi connectivity index (χ1v) is 8.24. The van der Waals surface area contributed by atoms with Crippen molar-refractivity contribution in [1.29, 1.82) is 0 Å². The highest BCUT2D eigenvalue weighted by Gasteiger charge is 2.51. The van der Waals surface area contributed by atoms with Gasteiger partial charge < -0.3 is 5.32 Å². The zero-order valence-corrected chi connectivity index (χ0v) is 12.1. The van der Waals surface area contributed by atoms with Gasteiger partial charge in [0.2, 0.25) is 0 Å². The molecule has 4 aliphatic carbocycles. The zero-order valence-electron chi connectivity index (χ0n) is 11.3. The van der Waals surface area contributed by atoms with E-state index in [0.29, 0.717) is 5.69 Å². The van der Waals surface area contributed by atoms with Gasteiger partial charge in [0, 0.05) is 10.9 Å². The van der Waals surface area contributed by atoms with Crippen LogP contribution in [0.2, 0.25) is 0 Å². The largest absolute Gasteiger partial charge is 0.345 e. The van der Waals surface area contributed by atoms with Gasteiger partial charge in [-0.1, -0.05) is 0 Å². The molecule has 1 aromatic heterocycles. The highest BCUT2D eigenvalue weighted by molar-refractivity contribution is 7.09. The van der Waals surface area contributed by atoms with E-state index in [1.807, 2.05) is 12.3 Å². The number of carbonyl (C=O) groups excluding carboxylic acids is 1. The highest BCUT2D eigenvalue weighted by Crippen LogP contribution is 2.55. The number of nitrogens with zero attached hydrogens (tertiary/aromatic N) is 1. The second kappa shape index (κ2) is 4.05. The molecule has 5 rings (SSSR count). The van der Waals surface area contributed by atoms with Crippen molar-refractivity contribution in [2.24, 2.45) is 17.8 Å². The summed E-state index contributed by atoms with van der Waals surface area (Å²) in [5.74, 6) is 2.64. The fourth-order valence-electron chi connectivity index (χ4n) is 5.04. The number of amides is 1. The predicted molar refractivity (Wildman–Crippen MR) is 75.2 cm³/mol. The van der Waals surface area contributed by atoms with Gasteiger partial charge in [0.25, 0.3) is 5.91 Å². The van der Waals surface area contributed by atoms with Crippen LogP contribution in [0.5, 0.6) is 0 Å². The lowest BCUT2D eigenvalue weighted by Gasteiger charge is -2.56. The quantitative estimate of drug-likeness (QED) is 0.901. The Balaban J connectivity index is 1.54. The van der Waals surface area contributed by atoms with Gasteiger partial charge >= 0.3 is 0 Å². The standard InChI is InChI=1S/C15H20N2OS/c1-9-16-13(8-19-9)14(18)17-15-5-10-2-11(6-15)4-12(3-10)7-15/h8,10-12H,2-7H2,1H3,(H,17,18). The second-order valence-corrected chi connectivity index (χ2v) is 7.97. The van der Waals surface area contributed by atoms with Crippen molar-refractivity contribution < 1.29 is 4.79 Å². The minimum atomic E-state index is 0.0475. The van der Waals surface area contributed by atoms with Gasteiger partial charge in [-0.25, -0.2) is 4.98 Å². The van der Waals surface area contributed by atoms with Crippen LogP contribution in [-0.2, 0) is 0 Å². The molecule has 4 saturated carbocycles. The van der Waals surface area contributed by atoms with Gasteiger partial charge in [0.1, 0.15) is 5.69 Å². The molecule has 1 N–H and O–H groups in total. The summed E-state index contributed by atoms with van der Waals surface area (Å²) in [6, 6.07) is 0. The molecule has 0 saturated heterocycles. The molecule has 19 heavy (non-hydrogen) atoms. The number of rotatable bonds is 2. The van der Waals surface area contributed by atoms with Crippen molar-refractivity contribution in [2.75, 3.05) is 0 Å². The molecule has 4 heteroatoms. The van der Waals surface area contributed by atoms with Gasteiger partial charge in [-0.2, -0.15) is 0 Å². The second-order valence-electron chi connectivity index (χ2n) is 6.90. The first-order valence-electron chi connectivity index (χ1n) is 7.36. The third kappa shape index (κ3) is 2.00. The van der Waals surface area contributed by atoms with Crippen molar-refractivity contribution in [2.45, 2.75) is 51.0 Å². The van der Waals surface area contributed by atoms with E-state index in [0.717, 1.165) is 22.8 Å². The zero-order chi connectivity index (χ0) is 13.0. The first-order chi connectivity index (χ1) is 9.12. The first kappa shape index (κ1) is 11.9. The Hall–Kier alpha value is -0.900. The van der Waals surface area contributed by atoms with E-state index in [1.54, 1.807) is 11.3 Å². The van der Waals surface area contributed by atoms with Crippen molar-refractivity contribution in [3.8, 4) is 0 Å². The number of hydrogen-bond donors (Lipinski definition) is 1. The Morgan fingerprint density at radius 2 is 1.84 bits per heavy atom. The lowest BCUT2D eigenvalue weighted by molar-refractivity contribution is -0.0167. The van der Waals surface area contributed by atoms with E-state index in [4.69, 9.17) is 0 Å². The molecule has 0 radical (unpaired) electrons. The van der Waals surface area contributed by atoms with E-state index < -0.39 is 0 Å². The summed E-state index contributed by atoms with van der Waals surface area (Å²) in [4.78, 5) is 16.7. The molecule has 0 aromatic carbocycles. The molecule has 1 aromatic rings. The number of aryl methyl sites for hydroxylation is 1. The smallest absolute Gasteiger partial charge is 0.271 e. The lowest BCUT2D eigenvalue weighted by atomic mass is 9.53. The summed E-state index contributed by atoms with van der Waals surface area (Å²) < 4.78 is 0. The maximum absolute atomic E-state index is 12.4. The molecule has 1 heterocycles. The maximum Gasteiger partial charge on any atom is 0.271 e. The van der Waals surface area contributed by atoms with E-state index >= 15 is 0 Å². The lowest BCUT2D eigenvalue weighted by Crippen LogP contribution is -2.59. The normalized spacial score (nSPS) is 39.5. The molecule has 4 bridgehead atoms. The number of hydrogen-bond acceptors (Lipinski definition) is 3. The summed E-state index contributed by atoms with van der Waals surface area (Å²) in [5.41, 5.74) is 0.710. The van der Waals surface area contributed by atoms with Gasteiger partial charge in [-0.05, 0) is 63.2 Å². The van der Waals surface area contributed by atoms with Crippen LogP contribution in [0, 0.1) is 24.7 Å². The predicted octanol–water partition coefficient (Wildman–Crippen LogP) is 3.15. The van der Waals surface area contributed by atoms with Crippen molar-refractivity contribution in [3.05, 3.63) is 16.1 Å². The fraction of sp³-hybridized carbons (Fsp3) is 0.733. The van der Waals surface area contributed by atoms with Crippen molar-refractivity contribution in [1.82, 2.24) is 10.3 Å². The molecule has 3 nitrogen and oxygen atoms in total. The summed E-state index contributed by atoms with van der Waals surface area (Å²) in [5, 5.41) is 6.21. The number of nitrogens with one attached hydrogen (secondary N) is 1. The van der Waals surface area contributed by atoms with E-state index in [1.165, 1.54) is 38.5 Å². The minimum absolute atomic E-state index is 0.0475. The third-order valence-corrected chi connectivity index (χ3v) is 6.04. The number of aromatic nitrogens is 1. The molecule has 0 atom stereocenters. The summed E-state index contributed by atoms with van der Waals surface area (Å²) in [7, 11) is 0. The van der Waals surface area contributed by atoms with Gasteiger partial charge in [0.15, 0.2) is 0 Å². The van der Waals surface area contributed by atoms with E-state index in [-0.39, 0.29) is 11.4 Å². The molecule has 1 amide bonds. The molecule has 0 aliphatic heterocycles. The molecule has 0 spiro atoms. The van der Waals surface area contributed by atoms with Crippen LogP contribution < -0.4 is 5.32 Å². The van der Waals surface area contributed by atoms with Gasteiger partial charge in [-0.3, -0.25) is 4.79 Å². The van der Waals surface area contributed by atoms with Crippen LogP contribution in [0.1, 0.15) is 54.0 Å². The molecule has 4 aliphatic rings. The Kier molecular flexibility index (Phi) is 2.53. The SMILES string of the molecule is Cc1nc(C(=O)NC23CC4CC(CC(C4)C2)C3)cs1. The molecule has 0 unspecified atom stereocenters. The van der Waals surface area contributed by atoms with Gasteiger partial charge in [0.05, 0.1) is 5.01 Å². The Morgan fingerprint density at radius 3 is 2.32 bits per heavy atom. The van der Waals surface area contributed by atoms with E-state index in [9.17, 15) is 4.79 Å².